The van der Waals surface area contributed by atoms with E-state index in [-0.39, 0.29) is 35.5 Å². The molecule has 14 heteroatoms. The predicted molar refractivity (Wildman–Crippen MR) is 248 cm³/mol. The number of rotatable bonds is 31. The number of terminal acetylenes is 1. The van der Waals surface area contributed by atoms with Crippen molar-refractivity contribution in [2.45, 2.75) is 205 Å². The highest BCUT2D eigenvalue weighted by molar-refractivity contribution is 8.00. The maximum absolute atomic E-state index is 12.1. The monoisotopic (exact) mass is 883 g/mol. The third-order valence-corrected chi connectivity index (χ3v) is 12.0. The number of nitrogens with two attached hydrogens (primary N) is 1. The van der Waals surface area contributed by atoms with Crippen LogP contribution in [0.1, 0.15) is 195 Å². The minimum Gasteiger partial charge on any atom is -0.356 e. The molecule has 2 aliphatic rings. The van der Waals surface area contributed by atoms with Crippen molar-refractivity contribution in [3.63, 3.8) is 0 Å². The number of amides is 5. The Bertz CT molecular complexity index is 1210. The quantitative estimate of drug-likeness (QED) is 0.0199. The molecule has 60 heavy (non-hydrogen) atoms. The minimum atomic E-state index is -0.577. The highest BCUT2D eigenvalue weighted by Crippen LogP contribution is 2.27. The number of nitrogens with zero attached hydrogens (tertiary/aromatic N) is 2. The van der Waals surface area contributed by atoms with Crippen molar-refractivity contribution in [2.75, 3.05) is 24.6 Å². The van der Waals surface area contributed by atoms with Gasteiger partial charge in [-0.3, -0.25) is 29.2 Å². The van der Waals surface area contributed by atoms with Crippen LogP contribution in [0.15, 0.2) is 12.7 Å². The molecular weight excluding hydrogens is 801 g/mol. The highest BCUT2D eigenvalue weighted by atomic mass is 32.2. The van der Waals surface area contributed by atoms with Crippen molar-refractivity contribution in [3.05, 3.63) is 12.7 Å². The summed E-state index contributed by atoms with van der Waals surface area (Å²) >= 11 is 2.97. The predicted octanol–water partition coefficient (Wildman–Crippen LogP) is 9.85. The van der Waals surface area contributed by atoms with Crippen LogP contribution in [0.5, 0.6) is 0 Å². The third kappa shape index (κ3) is 32.9. The molecule has 0 aliphatic carbocycles. The molecule has 2 heterocycles. The van der Waals surface area contributed by atoms with Gasteiger partial charge in [0, 0.05) is 19.4 Å². The lowest BCUT2D eigenvalue weighted by molar-refractivity contribution is -0.197. The molecule has 0 aromatic carbocycles. The Balaban J connectivity index is 0. The summed E-state index contributed by atoms with van der Waals surface area (Å²) in [4.78, 5) is 73.6. The summed E-state index contributed by atoms with van der Waals surface area (Å²) in [5.41, 5.74) is 5.31. The van der Waals surface area contributed by atoms with E-state index in [9.17, 15) is 28.8 Å². The first-order valence-electron chi connectivity index (χ1n) is 22.9. The van der Waals surface area contributed by atoms with Gasteiger partial charge in [-0.1, -0.05) is 137 Å². The second-order valence-corrected chi connectivity index (χ2v) is 17.6. The number of allylic oxidation sites excluding steroid dienone is 1. The van der Waals surface area contributed by atoms with E-state index in [1.54, 1.807) is 6.08 Å². The number of unbranched alkanes of at least 4 members (excludes halogenated alkanes) is 16. The van der Waals surface area contributed by atoms with Crippen LogP contribution in [0.2, 0.25) is 0 Å². The molecule has 12 nitrogen and oxygen atoms in total. The van der Waals surface area contributed by atoms with Gasteiger partial charge in [-0.25, -0.2) is 4.79 Å². The molecule has 0 radical (unpaired) electrons. The lowest BCUT2D eigenvalue weighted by atomic mass is 10.1. The van der Waals surface area contributed by atoms with Gasteiger partial charge in [-0.15, -0.1) is 47.5 Å². The fraction of sp³-hybridized carbons (Fsp3) is 0.783. The molecule has 2 aliphatic heterocycles. The van der Waals surface area contributed by atoms with Gasteiger partial charge < -0.3 is 15.9 Å². The SMILES string of the molecule is C#CCCC(=O)NCCCCCCC.C=CCCC(=O)ON1C(=O)CC(SCCCCCCC)C1=O.CCCCCCCN.CCCCCCCSC1CC(=O)N(O)C1=O. The van der Waals surface area contributed by atoms with E-state index < -0.39 is 34.8 Å². The van der Waals surface area contributed by atoms with Crippen LogP contribution in [0.4, 0.5) is 0 Å². The Morgan fingerprint density at radius 3 is 1.67 bits per heavy atom. The first-order valence-corrected chi connectivity index (χ1v) is 25.0. The summed E-state index contributed by atoms with van der Waals surface area (Å²) in [5.74, 6) is 1.93. The molecule has 2 rings (SSSR count). The molecular formula is C46H82N4O8S2. The van der Waals surface area contributed by atoms with Crippen LogP contribution in [0, 0.1) is 12.3 Å². The molecule has 0 bridgehead atoms. The van der Waals surface area contributed by atoms with Crippen LogP contribution >= 0.6 is 23.5 Å². The van der Waals surface area contributed by atoms with E-state index in [0.29, 0.717) is 24.3 Å². The van der Waals surface area contributed by atoms with Crippen LogP contribution in [-0.4, -0.2) is 85.9 Å². The van der Waals surface area contributed by atoms with Crippen LogP contribution in [-0.2, 0) is 33.6 Å². The van der Waals surface area contributed by atoms with Gasteiger partial charge in [0.05, 0.1) is 29.8 Å². The minimum absolute atomic E-state index is 0.0819. The maximum atomic E-state index is 12.1. The molecule has 0 aromatic heterocycles. The molecule has 2 fully saturated rings. The van der Waals surface area contributed by atoms with E-state index >= 15 is 0 Å². The number of carbonyl (C=O) groups excluding carboxylic acids is 6. The fourth-order valence-corrected chi connectivity index (χ4v) is 8.05. The van der Waals surface area contributed by atoms with E-state index in [0.717, 1.165) is 50.3 Å². The van der Waals surface area contributed by atoms with Crippen molar-refractivity contribution in [1.29, 1.82) is 0 Å². The number of hydrogen-bond donors (Lipinski definition) is 3. The number of nitrogens with one attached hydrogen (secondary N) is 1. The Kier molecular flexibility index (Phi) is 42.3. The van der Waals surface area contributed by atoms with E-state index in [4.69, 9.17) is 22.2 Å². The third-order valence-electron chi connectivity index (χ3n) is 9.43. The number of hydroxylamine groups is 4. The lowest BCUT2D eigenvalue weighted by Crippen LogP contribution is -2.33. The van der Waals surface area contributed by atoms with E-state index in [2.05, 4.69) is 45.5 Å². The molecule has 5 amide bonds. The lowest BCUT2D eigenvalue weighted by Gasteiger charge is -2.13. The zero-order chi connectivity index (χ0) is 45.2. The maximum Gasteiger partial charge on any atom is 0.333 e. The smallest absolute Gasteiger partial charge is 0.333 e. The molecule has 4 N–H and O–H groups in total. The first-order chi connectivity index (χ1) is 29.0. The van der Waals surface area contributed by atoms with Gasteiger partial charge in [0.25, 0.3) is 23.6 Å². The summed E-state index contributed by atoms with van der Waals surface area (Å²) in [6.07, 6.45) is 33.0. The van der Waals surface area contributed by atoms with Crippen LogP contribution in [0.3, 0.4) is 0 Å². The van der Waals surface area contributed by atoms with Gasteiger partial charge >= 0.3 is 5.97 Å². The van der Waals surface area contributed by atoms with Crippen LogP contribution in [0.25, 0.3) is 0 Å². The van der Waals surface area contributed by atoms with Gasteiger partial charge in [0.15, 0.2) is 0 Å². The van der Waals surface area contributed by atoms with Crippen LogP contribution < -0.4 is 11.1 Å². The molecule has 0 spiro atoms. The van der Waals surface area contributed by atoms with Crippen molar-refractivity contribution in [3.8, 4) is 12.3 Å². The number of imide groups is 2. The molecule has 0 saturated carbocycles. The van der Waals surface area contributed by atoms with Gasteiger partial charge in [-0.05, 0) is 50.2 Å². The number of carbonyl (C=O) groups is 6. The first kappa shape index (κ1) is 59.2. The zero-order valence-electron chi connectivity index (χ0n) is 37.8. The molecule has 2 unspecified atom stereocenters. The topological polar surface area (TPSA) is 176 Å². The van der Waals surface area contributed by atoms with Gasteiger partial charge in [-0.2, -0.15) is 5.06 Å². The second kappa shape index (κ2) is 42.8. The van der Waals surface area contributed by atoms with Crippen molar-refractivity contribution < 1.29 is 38.8 Å². The Morgan fingerprint density at radius 1 is 0.750 bits per heavy atom. The van der Waals surface area contributed by atoms with Crippen molar-refractivity contribution in [2.24, 2.45) is 5.73 Å². The van der Waals surface area contributed by atoms with Crippen molar-refractivity contribution >= 4 is 59.0 Å². The average Bonchev–Trinajstić information content (AvgIpc) is 3.65. The standard InChI is InChI=1S/C16H25NO4S.C12H21NO.C11H19NO3S.C7H17N/c1-3-5-7-8-9-11-22-13-12-14(18)17(16(13)20)21-15(19)10-6-4-2;1-3-5-7-8-9-11-13-12(14)10-6-4-2;1-2-3-4-5-6-7-16-9-8-10(13)12(15)11(9)14;1-2-3-4-5-6-7-8/h4,13H,2-3,5-12H2,1H3;2H,3,5-11H2,1H3,(H,13,14);9,15H,2-8H2,1H3;2-8H2,1H3. The Morgan fingerprint density at radius 2 is 1.22 bits per heavy atom. The van der Waals surface area contributed by atoms with Crippen molar-refractivity contribution in [1.82, 2.24) is 15.4 Å². The summed E-state index contributed by atoms with van der Waals surface area (Å²) < 4.78 is 0. The summed E-state index contributed by atoms with van der Waals surface area (Å²) in [7, 11) is 0. The summed E-state index contributed by atoms with van der Waals surface area (Å²) in [5, 5.41) is 12.0. The normalized spacial score (nSPS) is 15.6. The molecule has 0 aromatic rings. The van der Waals surface area contributed by atoms with E-state index in [1.807, 2.05) is 0 Å². The summed E-state index contributed by atoms with van der Waals surface area (Å²) in [6.45, 7) is 13.9. The summed E-state index contributed by atoms with van der Waals surface area (Å²) in [6, 6.07) is 0. The largest absolute Gasteiger partial charge is 0.356 e. The molecule has 2 saturated heterocycles. The number of thioether (sulfide) groups is 2. The van der Waals surface area contributed by atoms with E-state index in [1.165, 1.54) is 126 Å². The van der Waals surface area contributed by atoms with Gasteiger partial charge in [0.2, 0.25) is 5.91 Å². The second-order valence-electron chi connectivity index (χ2n) is 15.0. The van der Waals surface area contributed by atoms with Gasteiger partial charge in [0.1, 0.15) is 0 Å². The molecule has 2 atom stereocenters. The number of hydrogen-bond acceptors (Lipinski definition) is 11. The zero-order valence-corrected chi connectivity index (χ0v) is 39.5. The Labute approximate surface area is 372 Å². The fourth-order valence-electron chi connectivity index (χ4n) is 5.74. The average molecular weight is 883 g/mol. The highest BCUT2D eigenvalue weighted by Gasteiger charge is 2.41. The molecule has 346 valence electrons. The Hall–Kier alpha value is -2.86.